The van der Waals surface area contributed by atoms with Gasteiger partial charge in [-0.1, -0.05) is 49.9 Å². The van der Waals surface area contributed by atoms with Crippen molar-refractivity contribution in [2.45, 2.75) is 35.7 Å². The zero-order valence-electron chi connectivity index (χ0n) is 14.9. The number of hydrogen-bond donors (Lipinski definition) is 1. The lowest BCUT2D eigenvalue weighted by atomic mass is 10.0. The lowest BCUT2D eigenvalue weighted by molar-refractivity contribution is -0.904. The van der Waals surface area contributed by atoms with E-state index >= 15 is 0 Å². The molecule has 1 N–H and O–H groups in total. The zero-order valence-corrected chi connectivity index (χ0v) is 15.7. The van der Waals surface area contributed by atoms with Crippen LogP contribution in [0.25, 0.3) is 11.1 Å². The van der Waals surface area contributed by atoms with Crippen molar-refractivity contribution in [3.63, 3.8) is 0 Å². The Labute approximate surface area is 160 Å². The van der Waals surface area contributed by atoms with Crippen molar-refractivity contribution in [1.82, 2.24) is 0 Å². The number of pyridine rings is 1. The number of hydrogen-bond acceptors (Lipinski definition) is 2. The van der Waals surface area contributed by atoms with Crippen LogP contribution in [0.1, 0.15) is 30.9 Å². The van der Waals surface area contributed by atoms with Crippen molar-refractivity contribution in [2.75, 3.05) is 0 Å². The molecule has 3 rings (SSSR count). The molecule has 0 saturated heterocycles. The maximum absolute atomic E-state index is 13.7. The number of benzene rings is 2. The maximum Gasteiger partial charge on any atom is 0.417 e. The quantitative estimate of drug-likeness (QED) is 0.425. The lowest BCUT2D eigenvalue weighted by Gasteiger charge is -2.17. The third-order valence-electron chi connectivity index (χ3n) is 4.19. The van der Waals surface area contributed by atoms with Crippen LogP contribution in [0.3, 0.4) is 0 Å². The summed E-state index contributed by atoms with van der Waals surface area (Å²) in [4.78, 5) is 0.999. The molecule has 0 aliphatic heterocycles. The molecule has 0 aliphatic rings. The minimum absolute atomic E-state index is 0.174. The van der Waals surface area contributed by atoms with Crippen molar-refractivity contribution in [1.29, 1.82) is 0 Å². The standard InChI is InChI=1S/C21H19F3NOS/c1-14(2)17-5-3-4-6-19(17)27-20-8-7-16(13-18(20)21(22,23)24)15-9-11-25(26)12-10-15/h3-14,26H,1-2H3/q+1. The van der Waals surface area contributed by atoms with E-state index in [1.54, 1.807) is 18.2 Å². The Hall–Kier alpha value is -2.47. The van der Waals surface area contributed by atoms with Gasteiger partial charge in [0.15, 0.2) is 0 Å². The average molecular weight is 390 g/mol. The topological polar surface area (TPSA) is 24.1 Å². The monoisotopic (exact) mass is 390 g/mol. The van der Waals surface area contributed by atoms with Gasteiger partial charge in [-0.25, -0.2) is 0 Å². The first-order valence-electron chi connectivity index (χ1n) is 8.44. The van der Waals surface area contributed by atoms with Gasteiger partial charge in [-0.3, -0.25) is 5.21 Å². The molecule has 0 unspecified atom stereocenters. The molecule has 0 radical (unpaired) electrons. The van der Waals surface area contributed by atoms with Gasteiger partial charge in [0.1, 0.15) is 0 Å². The van der Waals surface area contributed by atoms with E-state index < -0.39 is 11.7 Å². The molecule has 2 nitrogen and oxygen atoms in total. The summed E-state index contributed by atoms with van der Waals surface area (Å²) in [6, 6.07) is 15.0. The van der Waals surface area contributed by atoms with Gasteiger partial charge < -0.3 is 0 Å². The molecular formula is C21H19F3NOS+. The molecule has 0 aliphatic carbocycles. The van der Waals surface area contributed by atoms with E-state index in [1.165, 1.54) is 18.5 Å². The number of alkyl halides is 3. The third-order valence-corrected chi connectivity index (χ3v) is 5.36. The smallest absolute Gasteiger partial charge is 0.285 e. The molecule has 2 aromatic carbocycles. The average Bonchev–Trinajstić information content (AvgIpc) is 2.62. The Balaban J connectivity index is 2.05. The van der Waals surface area contributed by atoms with Gasteiger partial charge in [-0.15, -0.1) is 0 Å². The molecule has 1 heterocycles. The molecule has 1 aromatic heterocycles. The normalized spacial score (nSPS) is 11.8. The van der Waals surface area contributed by atoms with Crippen molar-refractivity contribution in [3.8, 4) is 11.1 Å². The van der Waals surface area contributed by atoms with Crippen LogP contribution >= 0.6 is 11.8 Å². The third kappa shape index (κ3) is 4.45. The second-order valence-electron chi connectivity index (χ2n) is 6.47. The summed E-state index contributed by atoms with van der Waals surface area (Å²) >= 11 is 1.14. The Morgan fingerprint density at radius 2 is 1.56 bits per heavy atom. The van der Waals surface area contributed by atoms with Gasteiger partial charge in [-0.05, 0) is 40.8 Å². The van der Waals surface area contributed by atoms with Crippen LogP contribution in [0.5, 0.6) is 0 Å². The highest BCUT2D eigenvalue weighted by Gasteiger charge is 2.34. The highest BCUT2D eigenvalue weighted by Crippen LogP contribution is 2.43. The van der Waals surface area contributed by atoms with E-state index in [1.807, 2.05) is 38.1 Å². The molecular weight excluding hydrogens is 371 g/mol. The van der Waals surface area contributed by atoms with Crippen LogP contribution in [0.2, 0.25) is 0 Å². The molecule has 0 amide bonds. The first-order chi connectivity index (χ1) is 12.8. The van der Waals surface area contributed by atoms with Gasteiger partial charge in [-0.2, -0.15) is 13.2 Å². The second kappa shape index (κ2) is 7.64. The lowest BCUT2D eigenvalue weighted by Crippen LogP contribution is -2.27. The van der Waals surface area contributed by atoms with Crippen molar-refractivity contribution in [3.05, 3.63) is 78.1 Å². The number of rotatable bonds is 4. The Bertz CT molecular complexity index is 937. The Morgan fingerprint density at radius 1 is 0.889 bits per heavy atom. The molecule has 27 heavy (non-hydrogen) atoms. The number of aromatic nitrogens is 1. The Morgan fingerprint density at radius 3 is 2.19 bits per heavy atom. The number of halogens is 3. The maximum atomic E-state index is 13.7. The summed E-state index contributed by atoms with van der Waals surface area (Å²) in [5, 5.41) is 9.30. The van der Waals surface area contributed by atoms with Gasteiger partial charge in [0, 0.05) is 26.7 Å². The fourth-order valence-corrected chi connectivity index (χ4v) is 4.03. The summed E-state index contributed by atoms with van der Waals surface area (Å²) in [6.07, 6.45) is -1.70. The summed E-state index contributed by atoms with van der Waals surface area (Å²) in [7, 11) is 0. The molecule has 0 bridgehead atoms. The molecule has 0 fully saturated rings. The Kier molecular flexibility index (Phi) is 5.46. The van der Waals surface area contributed by atoms with Crippen molar-refractivity contribution >= 4 is 11.8 Å². The van der Waals surface area contributed by atoms with Crippen molar-refractivity contribution in [2.24, 2.45) is 0 Å². The highest BCUT2D eigenvalue weighted by molar-refractivity contribution is 7.99. The van der Waals surface area contributed by atoms with E-state index in [0.717, 1.165) is 33.0 Å². The summed E-state index contributed by atoms with van der Waals surface area (Å²) in [6.45, 7) is 4.05. The molecule has 0 spiro atoms. The van der Waals surface area contributed by atoms with E-state index in [-0.39, 0.29) is 10.8 Å². The predicted octanol–water partition coefficient (Wildman–Crippen LogP) is 6.17. The van der Waals surface area contributed by atoms with Crippen LogP contribution in [-0.4, -0.2) is 5.21 Å². The van der Waals surface area contributed by atoms with Crippen LogP contribution in [0.15, 0.2) is 76.8 Å². The fourth-order valence-electron chi connectivity index (χ4n) is 2.80. The van der Waals surface area contributed by atoms with Crippen LogP contribution in [0, 0.1) is 0 Å². The van der Waals surface area contributed by atoms with Gasteiger partial charge >= 0.3 is 6.18 Å². The van der Waals surface area contributed by atoms with E-state index in [4.69, 9.17) is 0 Å². The first-order valence-corrected chi connectivity index (χ1v) is 9.26. The van der Waals surface area contributed by atoms with E-state index in [9.17, 15) is 18.4 Å². The van der Waals surface area contributed by atoms with E-state index in [0.29, 0.717) is 11.1 Å². The van der Waals surface area contributed by atoms with Crippen LogP contribution in [-0.2, 0) is 6.18 Å². The molecule has 6 heteroatoms. The van der Waals surface area contributed by atoms with Gasteiger partial charge in [0.25, 0.3) is 0 Å². The summed E-state index contributed by atoms with van der Waals surface area (Å²) in [5.74, 6) is 0.219. The van der Waals surface area contributed by atoms with Crippen molar-refractivity contribution < 1.29 is 23.1 Å². The molecule has 3 aromatic rings. The fraction of sp³-hybridized carbons (Fsp3) is 0.190. The number of nitrogens with zero attached hydrogens (tertiary/aromatic N) is 1. The minimum atomic E-state index is -4.46. The van der Waals surface area contributed by atoms with Gasteiger partial charge in [0.2, 0.25) is 12.4 Å². The second-order valence-corrected chi connectivity index (χ2v) is 7.55. The minimum Gasteiger partial charge on any atom is -0.285 e. The molecule has 0 atom stereocenters. The van der Waals surface area contributed by atoms with Gasteiger partial charge in [0.05, 0.1) is 5.56 Å². The van der Waals surface area contributed by atoms with Crippen LogP contribution < -0.4 is 4.73 Å². The van der Waals surface area contributed by atoms with E-state index in [2.05, 4.69) is 0 Å². The first kappa shape index (κ1) is 19.3. The molecule has 0 saturated carbocycles. The SMILES string of the molecule is CC(C)c1ccccc1Sc1ccc(-c2cc[n+](O)cc2)cc1C(F)(F)F. The predicted molar refractivity (Wildman–Crippen MR) is 98.9 cm³/mol. The largest absolute Gasteiger partial charge is 0.417 e. The van der Waals surface area contributed by atoms with Crippen LogP contribution in [0.4, 0.5) is 13.2 Å². The zero-order chi connectivity index (χ0) is 19.6. The molecule has 140 valence electrons. The highest BCUT2D eigenvalue weighted by atomic mass is 32.2. The summed E-state index contributed by atoms with van der Waals surface area (Å²) < 4.78 is 42.0. The summed E-state index contributed by atoms with van der Waals surface area (Å²) in [5.41, 5.74) is 1.41.